The van der Waals surface area contributed by atoms with Gasteiger partial charge in [0.1, 0.15) is 23.0 Å². The lowest BCUT2D eigenvalue weighted by Gasteiger charge is -2.34. The molecule has 11 aromatic carbocycles. The Kier molecular flexibility index (Phi) is 12.3. The Balaban J connectivity index is 0.000000484. The minimum Gasteiger partial charge on any atom is -0.457 e. The maximum Gasteiger partial charge on any atom is 0.266 e. The van der Waals surface area contributed by atoms with Gasteiger partial charge in [0.2, 0.25) is 0 Å². The first-order chi connectivity index (χ1) is 42.9. The molecule has 422 valence electrons. The summed E-state index contributed by atoms with van der Waals surface area (Å²) in [5.41, 5.74) is 16.1. The van der Waals surface area contributed by atoms with E-state index in [4.69, 9.17) is 9.47 Å². The van der Waals surface area contributed by atoms with E-state index in [1.807, 2.05) is 36.4 Å². The number of carbonyl (C=O) groups is 6. The molecule has 2 aliphatic carbocycles. The zero-order valence-corrected chi connectivity index (χ0v) is 47.9. The normalized spacial score (nSPS) is 15.0. The molecule has 3 heterocycles. The molecule has 0 fully saturated rings. The molecule has 88 heavy (non-hydrogen) atoms. The van der Waals surface area contributed by atoms with Gasteiger partial charge in [0, 0.05) is 14.1 Å². The number of fused-ring (bicyclic) bond motifs is 9. The second kappa shape index (κ2) is 20.3. The van der Waals surface area contributed by atoms with Gasteiger partial charge in [0.15, 0.2) is 0 Å². The zero-order chi connectivity index (χ0) is 60.2. The third kappa shape index (κ3) is 7.90. The Labute approximate surface area is 506 Å². The summed E-state index contributed by atoms with van der Waals surface area (Å²) in [6, 6.07) is 83.6. The smallest absolute Gasteiger partial charge is 0.266 e. The van der Waals surface area contributed by atoms with Gasteiger partial charge in [-0.15, -0.1) is 0 Å². The van der Waals surface area contributed by atoms with E-state index in [2.05, 4.69) is 165 Å². The topological polar surface area (TPSA) is 131 Å². The van der Waals surface area contributed by atoms with E-state index in [9.17, 15) is 28.8 Å². The van der Waals surface area contributed by atoms with Gasteiger partial charge in [-0.2, -0.15) is 0 Å². The molecule has 0 saturated carbocycles. The number of hydrogen-bond donors (Lipinski definition) is 0. The van der Waals surface area contributed by atoms with Crippen molar-refractivity contribution in [1.29, 1.82) is 0 Å². The van der Waals surface area contributed by atoms with Gasteiger partial charge < -0.3 is 9.47 Å². The number of aryl methyl sites for hydroxylation is 1. The minimum atomic E-state index is -0.718. The highest BCUT2D eigenvalue weighted by molar-refractivity contribution is 6.34. The van der Waals surface area contributed by atoms with E-state index < -0.39 is 16.7 Å². The summed E-state index contributed by atoms with van der Waals surface area (Å²) in [4.78, 5) is 79.9. The second-order valence-electron chi connectivity index (χ2n) is 22.6. The van der Waals surface area contributed by atoms with Crippen molar-refractivity contribution in [2.75, 3.05) is 19.0 Å². The van der Waals surface area contributed by atoms with Crippen molar-refractivity contribution in [3.05, 3.63) is 338 Å². The largest absolute Gasteiger partial charge is 0.457 e. The fraction of sp³-hybridized carbons (Fsp3) is 0.0649. The monoisotopic (exact) mass is 1150 g/mol. The number of nitrogens with zero attached hydrogens (tertiary/aromatic N) is 3. The van der Waals surface area contributed by atoms with Crippen molar-refractivity contribution in [3.8, 4) is 45.3 Å². The van der Waals surface area contributed by atoms with E-state index >= 15 is 0 Å². The van der Waals surface area contributed by atoms with Crippen LogP contribution in [0.5, 0.6) is 23.0 Å². The lowest BCUT2D eigenvalue weighted by molar-refractivity contribution is 0.0677. The molecule has 6 amide bonds. The number of anilines is 1. The molecule has 0 bridgehead atoms. The molecule has 11 heteroatoms. The van der Waals surface area contributed by atoms with Crippen molar-refractivity contribution < 1.29 is 38.2 Å². The predicted octanol–water partition coefficient (Wildman–Crippen LogP) is 15.2. The Morgan fingerprint density at radius 2 is 0.545 bits per heavy atom. The highest BCUT2D eigenvalue weighted by Crippen LogP contribution is 2.58. The van der Waals surface area contributed by atoms with E-state index in [1.54, 1.807) is 60.7 Å². The summed E-state index contributed by atoms with van der Waals surface area (Å²) >= 11 is 0. The Hall–Kier alpha value is -11.6. The van der Waals surface area contributed by atoms with Crippen molar-refractivity contribution in [1.82, 2.24) is 9.80 Å². The maximum atomic E-state index is 14.4. The number of ether oxygens (including phenoxy) is 2. The van der Waals surface area contributed by atoms with Crippen molar-refractivity contribution >= 4 is 41.1 Å². The zero-order valence-electron chi connectivity index (χ0n) is 47.9. The van der Waals surface area contributed by atoms with E-state index in [-0.39, 0.29) is 35.1 Å². The fourth-order valence-electron chi connectivity index (χ4n) is 13.8. The lowest BCUT2D eigenvalue weighted by Crippen LogP contribution is -2.30. The first kappa shape index (κ1) is 53.2. The number of hydrogen-bond acceptors (Lipinski definition) is 8. The number of imide groups is 3. The first-order valence-electron chi connectivity index (χ1n) is 28.9. The second-order valence-corrected chi connectivity index (χ2v) is 22.6. The number of benzene rings is 11. The highest BCUT2D eigenvalue weighted by atomic mass is 16.5. The SMILES string of the molecule is CN1C(=O)c2ccccc2C1=O.Cc1ccc(C2(c3ccc(N4C(=O)c5ccc(Oc6ccc(C7(c8ccc(Oc9ccc%10c(c9)C(=O)N(C)C%10=O)cc8)c8ccccc8-c8ccccc87)cc6)cc5C4=O)cc3)c3ccccc3-c3ccccc32)cc1. The molecule has 0 spiro atoms. The van der Waals surface area contributed by atoms with Crippen LogP contribution in [0.3, 0.4) is 0 Å². The van der Waals surface area contributed by atoms with Gasteiger partial charge in [-0.25, -0.2) is 4.90 Å². The number of rotatable bonds is 9. The quantitative estimate of drug-likeness (QED) is 0.131. The minimum absolute atomic E-state index is 0.212. The summed E-state index contributed by atoms with van der Waals surface area (Å²) in [7, 11) is 2.97. The molecule has 0 radical (unpaired) electrons. The molecule has 0 N–H and O–H groups in total. The average molecular weight is 1150 g/mol. The molecule has 11 aromatic rings. The molecular weight excluding hydrogens is 1090 g/mol. The standard InChI is InChI=1S/C68H44N2O6.C9H7NO2/c1-41-19-21-42(22-20-41)67(59-15-7-3-11-51(59)52-12-4-8-16-60(52)67)43-23-29-46(30-24-43)70-65(73)56-38-36-50(40-58(56)66(70)74)76-48-33-27-45(28-34-48)68(61-17-9-5-13-53(61)54-14-6-10-18-62(54)68)44-25-31-47(32-26-44)75-49-35-37-55-57(39-49)64(72)69(2)63(55)71;1-10-8(11)6-4-2-3-5-7(6)9(10)12/h3-40H,1-2H3;2-5H,1H3. The maximum absolute atomic E-state index is 14.4. The summed E-state index contributed by atoms with van der Waals surface area (Å²) in [6.45, 7) is 2.09. The van der Waals surface area contributed by atoms with Crippen LogP contribution in [0, 0.1) is 6.92 Å². The van der Waals surface area contributed by atoms with Crippen LogP contribution in [-0.2, 0) is 10.8 Å². The van der Waals surface area contributed by atoms with Crippen molar-refractivity contribution in [2.24, 2.45) is 0 Å². The molecule has 0 unspecified atom stereocenters. The van der Waals surface area contributed by atoms with Crippen LogP contribution in [0.25, 0.3) is 22.3 Å². The molecule has 0 saturated heterocycles. The first-order valence-corrected chi connectivity index (χ1v) is 28.9. The van der Waals surface area contributed by atoms with Crippen LogP contribution in [0.1, 0.15) is 112 Å². The van der Waals surface area contributed by atoms with Crippen LogP contribution in [0.4, 0.5) is 5.69 Å². The fourth-order valence-corrected chi connectivity index (χ4v) is 13.8. The molecule has 5 aliphatic rings. The third-order valence-electron chi connectivity index (χ3n) is 17.9. The molecule has 3 aliphatic heterocycles. The Morgan fingerprint density at radius 3 is 0.932 bits per heavy atom. The lowest BCUT2D eigenvalue weighted by atomic mass is 9.67. The highest BCUT2D eigenvalue weighted by Gasteiger charge is 2.48. The van der Waals surface area contributed by atoms with Crippen LogP contribution in [-0.4, -0.2) is 59.3 Å². The van der Waals surface area contributed by atoms with Gasteiger partial charge in [-0.05, 0) is 159 Å². The number of amides is 6. The Morgan fingerprint density at radius 1 is 0.273 bits per heavy atom. The summed E-state index contributed by atoms with van der Waals surface area (Å²) in [6.07, 6.45) is 0. The molecule has 11 nitrogen and oxygen atoms in total. The molecule has 0 aromatic heterocycles. The van der Waals surface area contributed by atoms with E-state index in [0.717, 1.165) is 54.3 Å². The van der Waals surface area contributed by atoms with Gasteiger partial charge in [0.05, 0.1) is 49.9 Å². The number of carbonyl (C=O) groups excluding carboxylic acids is 6. The molecular formula is C77H51N3O8. The molecule has 16 rings (SSSR count). The van der Waals surface area contributed by atoms with Gasteiger partial charge in [-0.1, -0.05) is 175 Å². The van der Waals surface area contributed by atoms with Crippen LogP contribution < -0.4 is 14.4 Å². The Bertz CT molecular complexity index is 4670. The van der Waals surface area contributed by atoms with Gasteiger partial charge >= 0.3 is 0 Å². The summed E-state index contributed by atoms with van der Waals surface area (Å²) in [5.74, 6) is 0.109. The van der Waals surface area contributed by atoms with Gasteiger partial charge in [0.25, 0.3) is 35.4 Å². The van der Waals surface area contributed by atoms with E-state index in [0.29, 0.717) is 56.5 Å². The van der Waals surface area contributed by atoms with Crippen molar-refractivity contribution in [2.45, 2.75) is 17.8 Å². The van der Waals surface area contributed by atoms with Gasteiger partial charge in [-0.3, -0.25) is 38.6 Å². The van der Waals surface area contributed by atoms with E-state index in [1.165, 1.54) is 46.8 Å². The molecule has 0 atom stereocenters. The third-order valence-corrected chi connectivity index (χ3v) is 17.9. The van der Waals surface area contributed by atoms with Crippen LogP contribution in [0.15, 0.2) is 255 Å². The van der Waals surface area contributed by atoms with Crippen LogP contribution in [0.2, 0.25) is 0 Å². The van der Waals surface area contributed by atoms with Crippen molar-refractivity contribution in [3.63, 3.8) is 0 Å². The summed E-state index contributed by atoms with van der Waals surface area (Å²) in [5, 5.41) is 0. The predicted molar refractivity (Wildman–Crippen MR) is 336 cm³/mol. The average Bonchev–Trinajstić information content (AvgIpc) is 1.57. The van der Waals surface area contributed by atoms with Crippen LogP contribution >= 0.6 is 0 Å². The summed E-state index contributed by atoms with van der Waals surface area (Å²) < 4.78 is 12.8.